The third-order valence-corrected chi connectivity index (χ3v) is 8.22. The molecule has 1 aromatic heterocycles. The number of carbonyl (C=O) groups is 1. The van der Waals surface area contributed by atoms with E-state index in [1.165, 1.54) is 0 Å². The van der Waals surface area contributed by atoms with E-state index < -0.39 is 9.84 Å². The van der Waals surface area contributed by atoms with E-state index in [-0.39, 0.29) is 24.0 Å². The highest BCUT2D eigenvalue weighted by molar-refractivity contribution is 7.90. The molecule has 1 fully saturated rings. The molecule has 7 nitrogen and oxygen atoms in total. The molecule has 5 rings (SSSR count). The molecule has 0 saturated carbocycles. The van der Waals surface area contributed by atoms with E-state index in [0.29, 0.717) is 18.9 Å². The Labute approximate surface area is 206 Å². The zero-order valence-corrected chi connectivity index (χ0v) is 20.5. The van der Waals surface area contributed by atoms with E-state index in [1.807, 2.05) is 60.7 Å². The first-order valence-electron chi connectivity index (χ1n) is 12.1. The van der Waals surface area contributed by atoms with Gasteiger partial charge in [0, 0.05) is 18.3 Å². The average Bonchev–Trinajstić information content (AvgIpc) is 3.39. The number of likely N-dealkylation sites (tertiary alicyclic amines) is 1. The SMILES string of the molecule is O=C1CNc2ncc(-c3ccc(CS(=O)(=O)CCN4CCCC4)cc3)cc2N1Cc1ccccc1. The van der Waals surface area contributed by atoms with Crippen molar-refractivity contribution in [1.29, 1.82) is 0 Å². The van der Waals surface area contributed by atoms with Crippen LogP contribution in [0.15, 0.2) is 66.9 Å². The number of hydrogen-bond donors (Lipinski definition) is 1. The molecule has 0 spiro atoms. The van der Waals surface area contributed by atoms with Gasteiger partial charge in [0.2, 0.25) is 5.91 Å². The number of benzene rings is 2. The second-order valence-electron chi connectivity index (χ2n) is 9.25. The molecular weight excluding hydrogens is 460 g/mol. The molecule has 3 aromatic rings. The van der Waals surface area contributed by atoms with E-state index in [1.54, 1.807) is 11.1 Å². The summed E-state index contributed by atoms with van der Waals surface area (Å²) in [6.07, 6.45) is 4.10. The molecule has 182 valence electrons. The average molecular weight is 491 g/mol. The predicted octanol–water partition coefficient (Wildman–Crippen LogP) is 3.72. The van der Waals surface area contributed by atoms with Gasteiger partial charge >= 0.3 is 0 Å². The van der Waals surface area contributed by atoms with Crippen LogP contribution in [0.2, 0.25) is 0 Å². The Morgan fingerprint density at radius 1 is 0.914 bits per heavy atom. The number of fused-ring (bicyclic) bond motifs is 1. The minimum Gasteiger partial charge on any atom is -0.359 e. The Balaban J connectivity index is 1.31. The highest BCUT2D eigenvalue weighted by Gasteiger charge is 2.25. The fourth-order valence-electron chi connectivity index (χ4n) is 4.68. The van der Waals surface area contributed by atoms with Crippen LogP contribution in [0.5, 0.6) is 0 Å². The van der Waals surface area contributed by atoms with Crippen molar-refractivity contribution in [3.63, 3.8) is 0 Å². The Hall–Kier alpha value is -3.23. The Morgan fingerprint density at radius 2 is 1.66 bits per heavy atom. The fraction of sp³-hybridized carbons (Fsp3) is 0.333. The molecule has 1 N–H and O–H groups in total. The highest BCUT2D eigenvalue weighted by atomic mass is 32.2. The Kier molecular flexibility index (Phi) is 6.83. The molecule has 8 heteroatoms. The van der Waals surface area contributed by atoms with Crippen LogP contribution in [0.1, 0.15) is 24.0 Å². The van der Waals surface area contributed by atoms with E-state index in [9.17, 15) is 13.2 Å². The van der Waals surface area contributed by atoms with Crippen molar-refractivity contribution in [1.82, 2.24) is 9.88 Å². The van der Waals surface area contributed by atoms with Gasteiger partial charge in [0.1, 0.15) is 0 Å². The first-order valence-corrected chi connectivity index (χ1v) is 13.9. The predicted molar refractivity (Wildman–Crippen MR) is 139 cm³/mol. The molecule has 0 radical (unpaired) electrons. The van der Waals surface area contributed by atoms with Crippen LogP contribution in [0.4, 0.5) is 11.5 Å². The normalized spacial score (nSPS) is 16.2. The lowest BCUT2D eigenvalue weighted by Crippen LogP contribution is -2.39. The molecule has 0 atom stereocenters. The molecule has 35 heavy (non-hydrogen) atoms. The van der Waals surface area contributed by atoms with Gasteiger partial charge in [0.15, 0.2) is 15.7 Å². The maximum Gasteiger partial charge on any atom is 0.246 e. The van der Waals surface area contributed by atoms with Crippen molar-refractivity contribution in [3.8, 4) is 11.1 Å². The van der Waals surface area contributed by atoms with Crippen LogP contribution in [-0.4, -0.2) is 56.1 Å². The lowest BCUT2D eigenvalue weighted by Gasteiger charge is -2.30. The van der Waals surface area contributed by atoms with Crippen molar-refractivity contribution in [2.24, 2.45) is 0 Å². The maximum atomic E-state index is 12.7. The molecular formula is C27H30N4O3S. The molecule has 0 unspecified atom stereocenters. The van der Waals surface area contributed by atoms with Gasteiger partial charge < -0.3 is 15.1 Å². The molecule has 2 aliphatic heterocycles. The second-order valence-corrected chi connectivity index (χ2v) is 11.4. The van der Waals surface area contributed by atoms with Crippen LogP contribution in [0.25, 0.3) is 11.1 Å². The number of nitrogens with one attached hydrogen (secondary N) is 1. The van der Waals surface area contributed by atoms with E-state index in [0.717, 1.165) is 53.9 Å². The number of nitrogens with zero attached hydrogens (tertiary/aromatic N) is 3. The fourth-order valence-corrected chi connectivity index (χ4v) is 6.06. The van der Waals surface area contributed by atoms with Gasteiger partial charge in [-0.2, -0.15) is 0 Å². The summed E-state index contributed by atoms with van der Waals surface area (Å²) in [6.45, 7) is 3.32. The zero-order valence-electron chi connectivity index (χ0n) is 19.7. The van der Waals surface area contributed by atoms with E-state index in [4.69, 9.17) is 0 Å². The molecule has 0 aliphatic carbocycles. The van der Waals surface area contributed by atoms with Crippen molar-refractivity contribution in [2.75, 3.05) is 42.1 Å². The summed E-state index contributed by atoms with van der Waals surface area (Å²) in [4.78, 5) is 21.2. The second kappa shape index (κ2) is 10.2. The molecule has 2 aliphatic rings. The van der Waals surface area contributed by atoms with Gasteiger partial charge in [-0.3, -0.25) is 4.79 Å². The van der Waals surface area contributed by atoms with Gasteiger partial charge in [0.05, 0.1) is 30.3 Å². The molecule has 1 amide bonds. The van der Waals surface area contributed by atoms with Crippen LogP contribution >= 0.6 is 0 Å². The third-order valence-electron chi connectivity index (χ3n) is 6.64. The largest absolute Gasteiger partial charge is 0.359 e. The topological polar surface area (TPSA) is 82.6 Å². The Morgan fingerprint density at radius 3 is 2.40 bits per heavy atom. The smallest absolute Gasteiger partial charge is 0.246 e. The first kappa shape index (κ1) is 23.5. The van der Waals surface area contributed by atoms with Crippen LogP contribution in [-0.2, 0) is 26.9 Å². The number of sulfone groups is 1. The van der Waals surface area contributed by atoms with Crippen molar-refractivity contribution in [3.05, 3.63) is 78.0 Å². The van der Waals surface area contributed by atoms with Crippen molar-refractivity contribution < 1.29 is 13.2 Å². The monoisotopic (exact) mass is 490 g/mol. The maximum absolute atomic E-state index is 12.7. The molecule has 3 heterocycles. The standard InChI is InChI=1S/C27H30N4O3S/c32-26-18-29-27-25(31(26)19-21-6-2-1-3-7-21)16-24(17-28-27)23-10-8-22(9-11-23)20-35(33,34)15-14-30-12-4-5-13-30/h1-3,6-11,16-17H,4-5,12-15,18-20H2,(H,28,29). The summed E-state index contributed by atoms with van der Waals surface area (Å²) in [5, 5.41) is 3.10. The summed E-state index contributed by atoms with van der Waals surface area (Å²) >= 11 is 0. The number of aromatic nitrogens is 1. The number of carbonyl (C=O) groups excluding carboxylic acids is 1. The van der Waals surface area contributed by atoms with Crippen molar-refractivity contribution >= 4 is 27.2 Å². The van der Waals surface area contributed by atoms with Crippen LogP contribution in [0, 0.1) is 0 Å². The molecule has 1 saturated heterocycles. The quantitative estimate of drug-likeness (QED) is 0.518. The molecule has 0 bridgehead atoms. The van der Waals surface area contributed by atoms with Gasteiger partial charge in [-0.05, 0) is 48.7 Å². The minimum atomic E-state index is -3.16. The van der Waals surface area contributed by atoms with Crippen molar-refractivity contribution in [2.45, 2.75) is 25.1 Å². The lowest BCUT2D eigenvalue weighted by atomic mass is 10.0. The van der Waals surface area contributed by atoms with Gasteiger partial charge in [0.25, 0.3) is 0 Å². The summed E-state index contributed by atoms with van der Waals surface area (Å²) in [5.41, 5.74) is 4.38. The van der Waals surface area contributed by atoms with Gasteiger partial charge in [-0.1, -0.05) is 54.6 Å². The number of amides is 1. The van der Waals surface area contributed by atoms with Crippen LogP contribution < -0.4 is 10.2 Å². The zero-order chi connectivity index (χ0) is 24.3. The number of rotatable bonds is 8. The third kappa shape index (κ3) is 5.71. The number of hydrogen-bond acceptors (Lipinski definition) is 6. The van der Waals surface area contributed by atoms with Gasteiger partial charge in [-0.15, -0.1) is 0 Å². The highest BCUT2D eigenvalue weighted by Crippen LogP contribution is 2.33. The number of pyridine rings is 1. The summed E-state index contributed by atoms with van der Waals surface area (Å²) in [7, 11) is -3.16. The lowest BCUT2D eigenvalue weighted by molar-refractivity contribution is -0.117. The van der Waals surface area contributed by atoms with Gasteiger partial charge in [-0.25, -0.2) is 13.4 Å². The van der Waals surface area contributed by atoms with Crippen LogP contribution in [0.3, 0.4) is 0 Å². The van der Waals surface area contributed by atoms with E-state index in [2.05, 4.69) is 15.2 Å². The summed E-state index contributed by atoms with van der Waals surface area (Å²) in [6, 6.07) is 19.4. The summed E-state index contributed by atoms with van der Waals surface area (Å²) in [5.74, 6) is 0.925. The summed E-state index contributed by atoms with van der Waals surface area (Å²) < 4.78 is 25.2. The van der Waals surface area contributed by atoms with E-state index >= 15 is 0 Å². The minimum absolute atomic E-state index is 0.00483. The number of anilines is 2. The molecule has 2 aromatic carbocycles. The first-order chi connectivity index (χ1) is 17.0. The Bertz CT molecular complexity index is 1290.